The van der Waals surface area contributed by atoms with Crippen LogP contribution in [0.5, 0.6) is 0 Å². The van der Waals surface area contributed by atoms with Gasteiger partial charge in [-0.2, -0.15) is 0 Å². The molecule has 2 nitrogen and oxygen atoms in total. The molecule has 15 heavy (non-hydrogen) atoms. The summed E-state index contributed by atoms with van der Waals surface area (Å²) in [6.45, 7) is 0.814. The highest BCUT2D eigenvalue weighted by Crippen LogP contribution is 2.61. The second-order valence-electron chi connectivity index (χ2n) is 6.27. The van der Waals surface area contributed by atoms with Gasteiger partial charge in [-0.3, -0.25) is 0 Å². The first-order valence-corrected chi connectivity index (χ1v) is 6.67. The summed E-state index contributed by atoms with van der Waals surface area (Å²) in [7, 11) is 0. The van der Waals surface area contributed by atoms with Gasteiger partial charge in [0.15, 0.2) is 0 Å². The first-order valence-electron chi connectivity index (χ1n) is 6.67. The molecule has 84 valence electrons. The van der Waals surface area contributed by atoms with E-state index in [1.807, 2.05) is 0 Å². The quantitative estimate of drug-likeness (QED) is 0.570. The van der Waals surface area contributed by atoms with Gasteiger partial charge in [0.25, 0.3) is 0 Å². The number of hydrogen-bond donors (Lipinski definition) is 0. The zero-order valence-electron chi connectivity index (χ0n) is 9.28. The Labute approximate surface area is 91.3 Å². The summed E-state index contributed by atoms with van der Waals surface area (Å²) in [5, 5.41) is 0. The van der Waals surface area contributed by atoms with Gasteiger partial charge in [-0.15, -0.1) is 0 Å². The predicted octanol–water partition coefficient (Wildman–Crippen LogP) is 2.92. The van der Waals surface area contributed by atoms with Gasteiger partial charge < -0.3 is 0 Å². The van der Waals surface area contributed by atoms with E-state index < -0.39 is 0 Å². The molecule has 4 bridgehead atoms. The van der Waals surface area contributed by atoms with Crippen molar-refractivity contribution < 1.29 is 9.78 Å². The molecule has 4 saturated carbocycles. The topological polar surface area (TPSA) is 18.5 Å². The van der Waals surface area contributed by atoms with E-state index in [0.29, 0.717) is 0 Å². The Hall–Kier alpha value is -0.0800. The minimum absolute atomic E-state index is 0.158. The highest BCUT2D eigenvalue weighted by Gasteiger charge is 2.59. The molecule has 0 atom stereocenters. The molecule has 0 N–H and O–H groups in total. The van der Waals surface area contributed by atoms with Crippen molar-refractivity contribution in [2.75, 3.05) is 6.61 Å². The van der Waals surface area contributed by atoms with Crippen molar-refractivity contribution in [2.24, 2.45) is 23.7 Å². The zero-order valence-corrected chi connectivity index (χ0v) is 9.28. The van der Waals surface area contributed by atoms with Crippen molar-refractivity contribution in [3.05, 3.63) is 0 Å². The fraction of sp³-hybridized carbons (Fsp3) is 1.00. The van der Waals surface area contributed by atoms with Crippen molar-refractivity contribution in [3.63, 3.8) is 0 Å². The summed E-state index contributed by atoms with van der Waals surface area (Å²) in [5.74, 6) is 3.72. The van der Waals surface area contributed by atoms with Crippen molar-refractivity contribution in [1.29, 1.82) is 0 Å². The molecule has 1 aliphatic heterocycles. The second kappa shape index (κ2) is 2.98. The van der Waals surface area contributed by atoms with Gasteiger partial charge in [0.05, 0.1) is 6.61 Å². The lowest BCUT2D eigenvalue weighted by Crippen LogP contribution is -2.60. The molecule has 1 saturated heterocycles. The smallest absolute Gasteiger partial charge is 0.109 e. The lowest BCUT2D eigenvalue weighted by molar-refractivity contribution is -0.424. The average Bonchev–Trinajstić information content (AvgIpc) is 2.26. The van der Waals surface area contributed by atoms with E-state index in [1.54, 1.807) is 0 Å². The Bertz CT molecular complexity index is 238. The van der Waals surface area contributed by atoms with Crippen LogP contribution in [0.25, 0.3) is 0 Å². The van der Waals surface area contributed by atoms with Crippen LogP contribution in [0.15, 0.2) is 0 Å². The van der Waals surface area contributed by atoms with E-state index in [-0.39, 0.29) is 5.60 Å². The van der Waals surface area contributed by atoms with Crippen LogP contribution in [-0.2, 0) is 9.78 Å². The standard InChI is InChI=1S/C13H20O2/c1-2-13(15-14-3-1)11-5-9-4-10(7-11)8-12(13)6-9/h9-12H,1-8H2. The Kier molecular flexibility index (Phi) is 1.79. The lowest BCUT2D eigenvalue weighted by atomic mass is 9.49. The normalized spacial score (nSPS) is 57.6. The Morgan fingerprint density at radius 2 is 1.53 bits per heavy atom. The summed E-state index contributed by atoms with van der Waals surface area (Å²) in [4.78, 5) is 11.2. The van der Waals surface area contributed by atoms with Crippen LogP contribution in [0.4, 0.5) is 0 Å². The molecule has 0 aromatic heterocycles. The summed E-state index contributed by atoms with van der Waals surface area (Å²) < 4.78 is 0. The fourth-order valence-electron chi connectivity index (χ4n) is 5.13. The molecule has 0 unspecified atom stereocenters. The van der Waals surface area contributed by atoms with E-state index in [4.69, 9.17) is 9.78 Å². The van der Waals surface area contributed by atoms with Crippen molar-refractivity contribution >= 4 is 0 Å². The molecule has 0 radical (unpaired) electrons. The molecule has 2 heteroatoms. The van der Waals surface area contributed by atoms with Crippen LogP contribution in [0.2, 0.25) is 0 Å². The van der Waals surface area contributed by atoms with Crippen molar-refractivity contribution in [3.8, 4) is 0 Å². The van der Waals surface area contributed by atoms with Crippen LogP contribution in [0.3, 0.4) is 0 Å². The maximum absolute atomic E-state index is 5.84. The van der Waals surface area contributed by atoms with Crippen LogP contribution in [-0.4, -0.2) is 12.2 Å². The average molecular weight is 208 g/mol. The molecule has 4 aliphatic carbocycles. The minimum atomic E-state index is 0.158. The number of hydrogen-bond acceptors (Lipinski definition) is 2. The highest BCUT2D eigenvalue weighted by molar-refractivity contribution is 5.07. The lowest BCUT2D eigenvalue weighted by Gasteiger charge is -2.60. The van der Waals surface area contributed by atoms with Gasteiger partial charge in [0, 0.05) is 0 Å². The zero-order chi connectivity index (χ0) is 9.88. The van der Waals surface area contributed by atoms with E-state index >= 15 is 0 Å². The van der Waals surface area contributed by atoms with E-state index in [2.05, 4.69) is 0 Å². The highest BCUT2D eigenvalue weighted by atomic mass is 17.2. The molecule has 5 aliphatic rings. The van der Waals surface area contributed by atoms with Crippen molar-refractivity contribution in [1.82, 2.24) is 0 Å². The van der Waals surface area contributed by atoms with Crippen LogP contribution in [0.1, 0.15) is 44.9 Å². The Balaban J connectivity index is 1.69. The van der Waals surface area contributed by atoms with Crippen LogP contribution < -0.4 is 0 Å². The van der Waals surface area contributed by atoms with Gasteiger partial charge in [-0.25, -0.2) is 9.78 Å². The third-order valence-corrected chi connectivity index (χ3v) is 5.53. The monoisotopic (exact) mass is 208 g/mol. The molecule has 0 amide bonds. The Morgan fingerprint density at radius 1 is 0.867 bits per heavy atom. The predicted molar refractivity (Wildman–Crippen MR) is 56.0 cm³/mol. The molecule has 5 rings (SSSR count). The maximum atomic E-state index is 5.84. The van der Waals surface area contributed by atoms with Gasteiger partial charge in [0.2, 0.25) is 0 Å². The SMILES string of the molecule is C1COOC2(C1)C1CC3CC(C1)CC2C3. The van der Waals surface area contributed by atoms with E-state index in [9.17, 15) is 0 Å². The Morgan fingerprint density at radius 3 is 2.07 bits per heavy atom. The fourth-order valence-corrected chi connectivity index (χ4v) is 5.13. The van der Waals surface area contributed by atoms with E-state index in [1.165, 1.54) is 44.9 Å². The largest absolute Gasteiger partial charge is 0.236 e. The summed E-state index contributed by atoms with van der Waals surface area (Å²) in [6, 6.07) is 0. The molecule has 0 aromatic carbocycles. The molecule has 1 heterocycles. The molecular formula is C13H20O2. The third kappa shape index (κ3) is 1.13. The summed E-state index contributed by atoms with van der Waals surface area (Å²) in [5.41, 5.74) is 0.158. The minimum Gasteiger partial charge on any atom is -0.236 e. The van der Waals surface area contributed by atoms with E-state index in [0.717, 1.165) is 30.3 Å². The first-order chi connectivity index (χ1) is 7.37. The van der Waals surface area contributed by atoms with Crippen LogP contribution in [0, 0.1) is 23.7 Å². The maximum Gasteiger partial charge on any atom is 0.109 e. The van der Waals surface area contributed by atoms with Crippen molar-refractivity contribution in [2.45, 2.75) is 50.5 Å². The van der Waals surface area contributed by atoms with Gasteiger partial charge in [-0.1, -0.05) is 0 Å². The number of rotatable bonds is 0. The third-order valence-electron chi connectivity index (χ3n) is 5.53. The molecule has 0 aromatic rings. The molecular weight excluding hydrogens is 188 g/mol. The summed E-state index contributed by atoms with van der Waals surface area (Å²) in [6.07, 6.45) is 9.70. The molecule has 5 fully saturated rings. The first kappa shape index (κ1) is 9.00. The van der Waals surface area contributed by atoms with Gasteiger partial charge in [-0.05, 0) is 68.6 Å². The molecule has 1 spiro atoms. The van der Waals surface area contributed by atoms with Gasteiger partial charge in [0.1, 0.15) is 5.60 Å². The van der Waals surface area contributed by atoms with Crippen LogP contribution >= 0.6 is 0 Å². The second-order valence-corrected chi connectivity index (χ2v) is 6.27. The van der Waals surface area contributed by atoms with Gasteiger partial charge >= 0.3 is 0 Å². The summed E-state index contributed by atoms with van der Waals surface area (Å²) >= 11 is 0.